The Morgan fingerprint density at radius 2 is 2.07 bits per heavy atom. The number of rotatable bonds is 7. The van der Waals surface area contributed by atoms with Crippen molar-refractivity contribution >= 4 is 16.7 Å². The van der Waals surface area contributed by atoms with Crippen LogP contribution in [0.2, 0.25) is 0 Å². The maximum Gasteiger partial charge on any atom is 0.221 e. The molecule has 0 bridgehead atoms. The van der Waals surface area contributed by atoms with Gasteiger partial charge in [-0.2, -0.15) is 0 Å². The molecule has 0 radical (unpaired) electrons. The number of carbonyl (C=O) groups is 1. The highest BCUT2D eigenvalue weighted by Crippen LogP contribution is 1.97. The zero-order chi connectivity index (χ0) is 11.0. The van der Waals surface area contributed by atoms with Crippen molar-refractivity contribution in [3.63, 3.8) is 0 Å². The maximum absolute atomic E-state index is 11.1. The summed E-state index contributed by atoms with van der Waals surface area (Å²) in [4.78, 5) is 11.1. The van der Waals surface area contributed by atoms with Crippen LogP contribution < -0.4 is 10.6 Å². The predicted octanol–water partition coefficient (Wildman–Crippen LogP) is -0.131. The van der Waals surface area contributed by atoms with E-state index in [1.54, 1.807) is 6.26 Å². The molecule has 0 fully saturated rings. The second-order valence-electron chi connectivity index (χ2n) is 3.30. The van der Waals surface area contributed by atoms with E-state index in [9.17, 15) is 9.00 Å². The van der Waals surface area contributed by atoms with E-state index < -0.39 is 10.8 Å². The molecule has 0 aliphatic rings. The van der Waals surface area contributed by atoms with Crippen LogP contribution in [0.15, 0.2) is 0 Å². The summed E-state index contributed by atoms with van der Waals surface area (Å²) >= 11 is 0. The maximum atomic E-state index is 11.1. The van der Waals surface area contributed by atoms with Crippen LogP contribution in [0.1, 0.15) is 19.8 Å². The molecule has 0 aliphatic heterocycles. The first kappa shape index (κ1) is 13.6. The van der Waals surface area contributed by atoms with Crippen LogP contribution in [-0.2, 0) is 15.6 Å². The van der Waals surface area contributed by atoms with Gasteiger partial charge in [-0.25, -0.2) is 0 Å². The van der Waals surface area contributed by atoms with Gasteiger partial charge in [-0.1, -0.05) is 6.92 Å². The topological polar surface area (TPSA) is 58.2 Å². The van der Waals surface area contributed by atoms with Crippen molar-refractivity contribution in [1.82, 2.24) is 10.6 Å². The van der Waals surface area contributed by atoms with Gasteiger partial charge < -0.3 is 10.6 Å². The summed E-state index contributed by atoms with van der Waals surface area (Å²) in [7, 11) is 1.02. The monoisotopic (exact) mass is 220 g/mol. The van der Waals surface area contributed by atoms with Crippen molar-refractivity contribution in [2.75, 3.05) is 26.4 Å². The van der Waals surface area contributed by atoms with Crippen molar-refractivity contribution in [2.24, 2.45) is 0 Å². The van der Waals surface area contributed by atoms with Crippen LogP contribution >= 0.6 is 0 Å². The second-order valence-corrected chi connectivity index (χ2v) is 5.10. The van der Waals surface area contributed by atoms with Gasteiger partial charge in [-0.15, -0.1) is 0 Å². The fraction of sp³-hybridized carbons (Fsp3) is 0.889. The average molecular weight is 220 g/mol. The van der Waals surface area contributed by atoms with Gasteiger partial charge in [-0.3, -0.25) is 9.00 Å². The van der Waals surface area contributed by atoms with Crippen LogP contribution in [-0.4, -0.2) is 41.8 Å². The molecule has 0 aliphatic carbocycles. The van der Waals surface area contributed by atoms with E-state index in [0.717, 1.165) is 6.42 Å². The van der Waals surface area contributed by atoms with Gasteiger partial charge in [0.05, 0.1) is 0 Å². The third kappa shape index (κ3) is 7.03. The smallest absolute Gasteiger partial charge is 0.221 e. The van der Waals surface area contributed by atoms with Crippen molar-refractivity contribution in [3.8, 4) is 0 Å². The first-order chi connectivity index (χ1) is 6.57. The van der Waals surface area contributed by atoms with Gasteiger partial charge in [-0.05, 0) is 13.5 Å². The Balaban J connectivity index is 3.44. The standard InChI is InChI=1S/C9H20N2O2S/c1-8(14(3)13)4-7-11-9(12)5-6-10-2/h8,10H,4-7H2,1-3H3,(H,11,12). The fourth-order valence-electron chi connectivity index (χ4n) is 0.908. The first-order valence-electron chi connectivity index (χ1n) is 4.81. The minimum Gasteiger partial charge on any atom is -0.356 e. The lowest BCUT2D eigenvalue weighted by Gasteiger charge is -2.08. The quantitative estimate of drug-likeness (QED) is 0.628. The Bertz CT molecular complexity index is 197. The van der Waals surface area contributed by atoms with Crippen LogP contribution in [0.4, 0.5) is 0 Å². The van der Waals surface area contributed by atoms with E-state index >= 15 is 0 Å². The van der Waals surface area contributed by atoms with Crippen LogP contribution in [0.3, 0.4) is 0 Å². The first-order valence-corrected chi connectivity index (χ1v) is 6.43. The molecule has 0 saturated carbocycles. The van der Waals surface area contributed by atoms with Crippen molar-refractivity contribution in [2.45, 2.75) is 25.0 Å². The molecular weight excluding hydrogens is 200 g/mol. The van der Waals surface area contributed by atoms with E-state index in [2.05, 4.69) is 10.6 Å². The highest BCUT2D eigenvalue weighted by atomic mass is 32.2. The largest absolute Gasteiger partial charge is 0.356 e. The van der Waals surface area contributed by atoms with Crippen LogP contribution in [0.5, 0.6) is 0 Å². The Morgan fingerprint density at radius 1 is 1.43 bits per heavy atom. The highest BCUT2D eigenvalue weighted by molar-refractivity contribution is 7.84. The molecule has 2 unspecified atom stereocenters. The highest BCUT2D eigenvalue weighted by Gasteiger charge is 2.06. The van der Waals surface area contributed by atoms with Crippen molar-refractivity contribution < 1.29 is 9.00 Å². The van der Waals surface area contributed by atoms with E-state index in [0.29, 0.717) is 19.5 Å². The van der Waals surface area contributed by atoms with Gasteiger partial charge >= 0.3 is 0 Å². The van der Waals surface area contributed by atoms with Gasteiger partial charge in [0, 0.05) is 41.8 Å². The number of carbonyl (C=O) groups excluding carboxylic acids is 1. The Hall–Kier alpha value is -0.420. The molecule has 0 saturated heterocycles. The fourth-order valence-corrected chi connectivity index (χ4v) is 1.36. The number of amides is 1. The molecule has 0 spiro atoms. The summed E-state index contributed by atoms with van der Waals surface area (Å²) < 4.78 is 11.0. The minimum absolute atomic E-state index is 0.0495. The summed E-state index contributed by atoms with van der Waals surface area (Å²) in [5, 5.41) is 5.85. The zero-order valence-corrected chi connectivity index (χ0v) is 9.95. The van der Waals surface area contributed by atoms with Crippen LogP contribution in [0.25, 0.3) is 0 Å². The van der Waals surface area contributed by atoms with Gasteiger partial charge in [0.2, 0.25) is 5.91 Å². The third-order valence-electron chi connectivity index (χ3n) is 2.04. The summed E-state index contributed by atoms with van der Waals surface area (Å²) in [5.41, 5.74) is 0. The lowest BCUT2D eigenvalue weighted by molar-refractivity contribution is -0.120. The average Bonchev–Trinajstić information content (AvgIpc) is 2.14. The third-order valence-corrected chi connectivity index (χ3v) is 3.41. The number of hydrogen-bond acceptors (Lipinski definition) is 3. The predicted molar refractivity (Wildman–Crippen MR) is 59.7 cm³/mol. The summed E-state index contributed by atoms with van der Waals surface area (Å²) in [5.74, 6) is 0.0495. The molecule has 2 N–H and O–H groups in total. The normalized spacial score (nSPS) is 14.8. The lowest BCUT2D eigenvalue weighted by Crippen LogP contribution is -2.29. The lowest BCUT2D eigenvalue weighted by atomic mass is 10.3. The Kier molecular flexibility index (Phi) is 7.70. The molecule has 0 aromatic heterocycles. The molecule has 0 heterocycles. The summed E-state index contributed by atoms with van der Waals surface area (Å²) in [6.45, 7) is 3.24. The molecule has 2 atom stereocenters. The second kappa shape index (κ2) is 7.94. The van der Waals surface area contributed by atoms with Gasteiger partial charge in [0.1, 0.15) is 0 Å². The van der Waals surface area contributed by atoms with Gasteiger partial charge in [0.15, 0.2) is 0 Å². The van der Waals surface area contributed by atoms with E-state index in [1.165, 1.54) is 0 Å². The summed E-state index contributed by atoms with van der Waals surface area (Å²) in [6, 6.07) is 0. The van der Waals surface area contributed by atoms with Crippen LogP contribution in [0, 0.1) is 0 Å². The van der Waals surface area contributed by atoms with Crippen molar-refractivity contribution in [1.29, 1.82) is 0 Å². The van der Waals surface area contributed by atoms with E-state index in [1.807, 2.05) is 14.0 Å². The molecular formula is C9H20N2O2S. The molecule has 4 nitrogen and oxygen atoms in total. The molecule has 5 heteroatoms. The molecule has 84 valence electrons. The number of hydrogen-bond donors (Lipinski definition) is 2. The minimum atomic E-state index is -0.794. The van der Waals surface area contributed by atoms with E-state index in [4.69, 9.17) is 0 Å². The molecule has 1 amide bonds. The Labute approximate surface area is 88.3 Å². The molecule has 0 aromatic carbocycles. The SMILES string of the molecule is CNCCC(=O)NCCC(C)S(C)=O. The Morgan fingerprint density at radius 3 is 2.57 bits per heavy atom. The molecule has 0 aromatic rings. The molecule has 14 heavy (non-hydrogen) atoms. The van der Waals surface area contributed by atoms with Gasteiger partial charge in [0.25, 0.3) is 0 Å². The molecule has 0 rings (SSSR count). The summed E-state index contributed by atoms with van der Waals surface area (Å²) in [6.07, 6.45) is 2.96. The zero-order valence-electron chi connectivity index (χ0n) is 9.13. The van der Waals surface area contributed by atoms with E-state index in [-0.39, 0.29) is 11.2 Å². The number of nitrogens with one attached hydrogen (secondary N) is 2. The van der Waals surface area contributed by atoms with Crippen molar-refractivity contribution in [3.05, 3.63) is 0 Å².